The Balaban J connectivity index is 0.00000220. The van der Waals surface area contributed by atoms with E-state index in [0.29, 0.717) is 5.96 Å². The van der Waals surface area contributed by atoms with E-state index in [1.807, 2.05) is 11.8 Å². The van der Waals surface area contributed by atoms with Gasteiger partial charge in [0.05, 0.1) is 13.2 Å². The van der Waals surface area contributed by atoms with Crippen molar-refractivity contribution in [3.63, 3.8) is 0 Å². The molecule has 0 aromatic heterocycles. The summed E-state index contributed by atoms with van der Waals surface area (Å²) in [6.07, 6.45) is 2.23. The van der Waals surface area contributed by atoms with Gasteiger partial charge in [-0.15, -0.1) is 24.0 Å². The number of carbonyl (C=O) groups is 1. The Labute approximate surface area is 144 Å². The van der Waals surface area contributed by atoms with Gasteiger partial charge >= 0.3 is 0 Å². The number of amides is 1. The standard InChI is InChI=1S/C14H26N4O2.HI/c1-3-15-13(17-9-14(2)10-20-11-14)16-8-12(19)18-6-4-5-7-18;/h3-11H2,1-2H3,(H2,15,16,17);1H. The number of halogens is 1. The van der Waals surface area contributed by atoms with Crippen LogP contribution >= 0.6 is 24.0 Å². The lowest BCUT2D eigenvalue weighted by Crippen LogP contribution is -2.51. The van der Waals surface area contributed by atoms with Gasteiger partial charge in [0.25, 0.3) is 0 Å². The van der Waals surface area contributed by atoms with E-state index >= 15 is 0 Å². The van der Waals surface area contributed by atoms with Crippen LogP contribution in [-0.4, -0.2) is 62.7 Å². The maximum absolute atomic E-state index is 12.0. The fourth-order valence-electron chi connectivity index (χ4n) is 2.40. The first-order valence-electron chi connectivity index (χ1n) is 7.51. The van der Waals surface area contributed by atoms with Crippen LogP contribution in [0.2, 0.25) is 0 Å². The minimum Gasteiger partial charge on any atom is -0.380 e. The summed E-state index contributed by atoms with van der Waals surface area (Å²) < 4.78 is 5.23. The predicted molar refractivity (Wildman–Crippen MR) is 94.1 cm³/mol. The van der Waals surface area contributed by atoms with Crippen molar-refractivity contribution in [3.05, 3.63) is 0 Å². The van der Waals surface area contributed by atoms with Gasteiger partial charge in [0.1, 0.15) is 6.54 Å². The number of carbonyl (C=O) groups excluding carboxylic acids is 1. The Morgan fingerprint density at radius 3 is 2.48 bits per heavy atom. The van der Waals surface area contributed by atoms with Crippen LogP contribution in [0.25, 0.3) is 0 Å². The third-order valence-electron chi connectivity index (χ3n) is 3.76. The zero-order chi connectivity index (χ0) is 14.4. The molecule has 2 saturated heterocycles. The van der Waals surface area contributed by atoms with Crippen LogP contribution in [-0.2, 0) is 9.53 Å². The zero-order valence-corrected chi connectivity index (χ0v) is 15.3. The molecule has 0 saturated carbocycles. The van der Waals surface area contributed by atoms with E-state index in [1.54, 1.807) is 0 Å². The van der Waals surface area contributed by atoms with E-state index in [0.717, 1.165) is 52.2 Å². The van der Waals surface area contributed by atoms with Gasteiger partial charge < -0.3 is 20.3 Å². The van der Waals surface area contributed by atoms with Gasteiger partial charge in [0.2, 0.25) is 5.91 Å². The first kappa shape index (κ1) is 18.5. The molecular weight excluding hydrogens is 383 g/mol. The molecule has 6 nitrogen and oxygen atoms in total. The number of nitrogens with one attached hydrogen (secondary N) is 2. The van der Waals surface area contributed by atoms with Crippen LogP contribution < -0.4 is 10.6 Å². The summed E-state index contributed by atoms with van der Waals surface area (Å²) in [5.41, 5.74) is 0.190. The molecule has 2 aliphatic heterocycles. The van der Waals surface area contributed by atoms with E-state index in [2.05, 4.69) is 22.5 Å². The van der Waals surface area contributed by atoms with Crippen molar-refractivity contribution in [1.82, 2.24) is 15.5 Å². The highest BCUT2D eigenvalue weighted by Gasteiger charge is 2.33. The quantitative estimate of drug-likeness (QED) is 0.400. The molecule has 0 radical (unpaired) electrons. The van der Waals surface area contributed by atoms with Crippen LogP contribution in [0, 0.1) is 5.41 Å². The summed E-state index contributed by atoms with van der Waals surface area (Å²) in [5, 5.41) is 6.47. The number of guanidine groups is 1. The monoisotopic (exact) mass is 410 g/mol. The van der Waals surface area contributed by atoms with Crippen molar-refractivity contribution in [2.75, 3.05) is 45.9 Å². The van der Waals surface area contributed by atoms with Gasteiger partial charge in [-0.3, -0.25) is 4.79 Å². The number of ether oxygens (including phenoxy) is 1. The SMILES string of the molecule is CCNC(=NCC(=O)N1CCCC1)NCC1(C)COC1.I. The molecule has 0 atom stereocenters. The smallest absolute Gasteiger partial charge is 0.244 e. The van der Waals surface area contributed by atoms with Crippen molar-refractivity contribution in [3.8, 4) is 0 Å². The maximum atomic E-state index is 12.0. The van der Waals surface area contributed by atoms with Crippen molar-refractivity contribution in [2.45, 2.75) is 26.7 Å². The number of nitrogens with zero attached hydrogens (tertiary/aromatic N) is 2. The molecule has 2 N–H and O–H groups in total. The lowest BCUT2D eigenvalue weighted by atomic mass is 9.89. The second-order valence-corrected chi connectivity index (χ2v) is 5.94. The highest BCUT2D eigenvalue weighted by molar-refractivity contribution is 14.0. The maximum Gasteiger partial charge on any atom is 0.244 e. The van der Waals surface area contributed by atoms with Crippen LogP contribution in [0.3, 0.4) is 0 Å². The van der Waals surface area contributed by atoms with Crippen LogP contribution in [0.1, 0.15) is 26.7 Å². The molecule has 122 valence electrons. The number of rotatable bonds is 5. The van der Waals surface area contributed by atoms with E-state index in [1.165, 1.54) is 0 Å². The number of hydrogen-bond donors (Lipinski definition) is 2. The Hall–Kier alpha value is -0.570. The first-order chi connectivity index (χ1) is 9.63. The van der Waals surface area contributed by atoms with E-state index in [9.17, 15) is 4.79 Å². The molecule has 0 aromatic carbocycles. The Morgan fingerprint density at radius 2 is 1.95 bits per heavy atom. The van der Waals surface area contributed by atoms with Gasteiger partial charge in [-0.2, -0.15) is 0 Å². The molecule has 0 unspecified atom stereocenters. The van der Waals surface area contributed by atoms with E-state index < -0.39 is 0 Å². The van der Waals surface area contributed by atoms with Gasteiger partial charge in [-0.1, -0.05) is 6.92 Å². The largest absolute Gasteiger partial charge is 0.380 e. The summed E-state index contributed by atoms with van der Waals surface area (Å²) in [7, 11) is 0. The molecule has 0 bridgehead atoms. The summed E-state index contributed by atoms with van der Waals surface area (Å²) in [5.74, 6) is 0.839. The summed E-state index contributed by atoms with van der Waals surface area (Å²) in [6.45, 7) is 9.37. The van der Waals surface area contributed by atoms with Gasteiger partial charge in [0.15, 0.2) is 5.96 Å². The molecule has 2 heterocycles. The molecule has 0 aliphatic carbocycles. The average molecular weight is 410 g/mol. The van der Waals surface area contributed by atoms with E-state index in [-0.39, 0.29) is 41.8 Å². The van der Waals surface area contributed by atoms with E-state index in [4.69, 9.17) is 4.74 Å². The fourth-order valence-corrected chi connectivity index (χ4v) is 2.40. The highest BCUT2D eigenvalue weighted by Crippen LogP contribution is 2.24. The van der Waals surface area contributed by atoms with Crippen molar-refractivity contribution >= 4 is 35.8 Å². The minimum absolute atomic E-state index is 0. The predicted octanol–water partition coefficient (Wildman–Crippen LogP) is 0.818. The average Bonchev–Trinajstić information content (AvgIpc) is 2.93. The van der Waals surface area contributed by atoms with Crippen molar-refractivity contribution in [2.24, 2.45) is 10.4 Å². The second-order valence-electron chi connectivity index (χ2n) is 5.94. The summed E-state index contributed by atoms with van der Waals surface area (Å²) >= 11 is 0. The van der Waals surface area contributed by atoms with Crippen LogP contribution in [0.5, 0.6) is 0 Å². The molecule has 0 aromatic rings. The molecule has 2 aliphatic rings. The highest BCUT2D eigenvalue weighted by atomic mass is 127. The van der Waals surface area contributed by atoms with Gasteiger partial charge in [0, 0.05) is 31.6 Å². The van der Waals surface area contributed by atoms with Gasteiger partial charge in [-0.25, -0.2) is 4.99 Å². The Morgan fingerprint density at radius 1 is 1.29 bits per heavy atom. The molecule has 21 heavy (non-hydrogen) atoms. The topological polar surface area (TPSA) is 66.0 Å². The van der Waals surface area contributed by atoms with Crippen molar-refractivity contribution in [1.29, 1.82) is 0 Å². The van der Waals surface area contributed by atoms with Crippen LogP contribution in [0.4, 0.5) is 0 Å². The molecule has 1 amide bonds. The molecule has 0 spiro atoms. The molecular formula is C14H27IN4O2. The fraction of sp³-hybridized carbons (Fsp3) is 0.857. The minimum atomic E-state index is 0. The summed E-state index contributed by atoms with van der Waals surface area (Å²) in [6, 6.07) is 0. The number of hydrogen-bond acceptors (Lipinski definition) is 3. The third-order valence-corrected chi connectivity index (χ3v) is 3.76. The molecule has 2 fully saturated rings. The Kier molecular flexibility index (Phi) is 7.72. The lowest BCUT2D eigenvalue weighted by Gasteiger charge is -2.38. The molecule has 7 heteroatoms. The lowest BCUT2D eigenvalue weighted by molar-refractivity contribution is -0.128. The summed E-state index contributed by atoms with van der Waals surface area (Å²) in [4.78, 5) is 18.2. The zero-order valence-electron chi connectivity index (χ0n) is 13.0. The Bertz CT molecular complexity index is 366. The number of aliphatic imine (C=N–C) groups is 1. The normalized spacial score (nSPS) is 20.5. The first-order valence-corrected chi connectivity index (χ1v) is 7.51. The number of likely N-dealkylation sites (tertiary alicyclic amines) is 1. The third kappa shape index (κ3) is 5.61. The van der Waals surface area contributed by atoms with Crippen LogP contribution in [0.15, 0.2) is 4.99 Å². The molecule has 2 rings (SSSR count). The van der Waals surface area contributed by atoms with Gasteiger partial charge in [-0.05, 0) is 19.8 Å². The van der Waals surface area contributed by atoms with Crippen molar-refractivity contribution < 1.29 is 9.53 Å². The second kappa shape index (κ2) is 8.77.